The Morgan fingerprint density at radius 1 is 1.00 bits per heavy atom. The van der Waals surface area contributed by atoms with Crippen LogP contribution in [0.2, 0.25) is 0 Å². The topological polar surface area (TPSA) is 65.0 Å². The number of hydrogen-bond donors (Lipinski definition) is 0. The van der Waals surface area contributed by atoms with Gasteiger partial charge in [-0.3, -0.25) is 0 Å². The SMILES string of the molecule is Cc1onc(-c2ccccc2)c1-c1nnc(CSc2c(F)cc(F)cc2F)o1. The molecule has 4 aromatic rings. The van der Waals surface area contributed by atoms with Crippen molar-refractivity contribution in [1.82, 2.24) is 15.4 Å². The van der Waals surface area contributed by atoms with Gasteiger partial charge in [0, 0.05) is 17.7 Å². The normalized spacial score (nSPS) is 11.1. The molecule has 0 amide bonds. The van der Waals surface area contributed by atoms with Crippen LogP contribution in [0.5, 0.6) is 0 Å². The van der Waals surface area contributed by atoms with Gasteiger partial charge in [0.2, 0.25) is 5.89 Å². The first-order valence-corrected chi connectivity index (χ1v) is 9.13. The maximum absolute atomic E-state index is 13.7. The van der Waals surface area contributed by atoms with Gasteiger partial charge in [-0.1, -0.05) is 35.5 Å². The molecule has 5 nitrogen and oxygen atoms in total. The Balaban J connectivity index is 1.59. The van der Waals surface area contributed by atoms with Crippen LogP contribution in [0.25, 0.3) is 22.7 Å². The molecule has 0 aliphatic rings. The predicted octanol–water partition coefficient (Wildman–Crippen LogP) is 5.41. The summed E-state index contributed by atoms with van der Waals surface area (Å²) in [4.78, 5) is -0.313. The molecular formula is C19H12F3N3O2S. The highest BCUT2D eigenvalue weighted by Crippen LogP contribution is 2.34. The lowest BCUT2D eigenvalue weighted by Gasteiger charge is -2.03. The smallest absolute Gasteiger partial charge is 0.253 e. The second kappa shape index (κ2) is 7.51. The summed E-state index contributed by atoms with van der Waals surface area (Å²) < 4.78 is 51.4. The molecule has 0 saturated heterocycles. The molecule has 9 heteroatoms. The van der Waals surface area contributed by atoms with Gasteiger partial charge in [0.1, 0.15) is 34.5 Å². The van der Waals surface area contributed by atoms with Gasteiger partial charge in [0.25, 0.3) is 5.89 Å². The standard InChI is InChI=1S/C19H12F3N3O2S/c1-10-16(17(25-27-10)11-5-3-2-4-6-11)19-24-23-15(26-19)9-28-18-13(21)7-12(20)8-14(18)22/h2-8H,9H2,1H3. The Morgan fingerprint density at radius 2 is 1.71 bits per heavy atom. The number of benzene rings is 2. The van der Waals surface area contributed by atoms with Crippen molar-refractivity contribution in [2.45, 2.75) is 17.6 Å². The van der Waals surface area contributed by atoms with Crippen molar-refractivity contribution in [1.29, 1.82) is 0 Å². The van der Waals surface area contributed by atoms with Gasteiger partial charge in [-0.05, 0) is 6.92 Å². The monoisotopic (exact) mass is 403 g/mol. The van der Waals surface area contributed by atoms with E-state index in [0.29, 0.717) is 29.2 Å². The van der Waals surface area contributed by atoms with E-state index < -0.39 is 17.5 Å². The van der Waals surface area contributed by atoms with Crippen molar-refractivity contribution >= 4 is 11.8 Å². The Bertz CT molecular complexity index is 1110. The lowest BCUT2D eigenvalue weighted by Crippen LogP contribution is -1.91. The van der Waals surface area contributed by atoms with E-state index in [2.05, 4.69) is 15.4 Å². The molecule has 0 aliphatic heterocycles. The fourth-order valence-corrected chi connectivity index (χ4v) is 3.41. The van der Waals surface area contributed by atoms with Crippen molar-refractivity contribution < 1.29 is 22.1 Å². The summed E-state index contributed by atoms with van der Waals surface area (Å²) in [6.45, 7) is 1.72. The molecule has 0 aliphatic carbocycles. The van der Waals surface area contributed by atoms with Crippen molar-refractivity contribution in [3.63, 3.8) is 0 Å². The number of aromatic nitrogens is 3. The van der Waals surface area contributed by atoms with Crippen molar-refractivity contribution in [3.8, 4) is 22.7 Å². The fraction of sp³-hybridized carbons (Fsp3) is 0.105. The zero-order chi connectivity index (χ0) is 19.7. The Labute approximate surface area is 161 Å². The van der Waals surface area contributed by atoms with E-state index in [-0.39, 0.29) is 22.4 Å². The Hall–Kier alpha value is -3.07. The second-order valence-electron chi connectivity index (χ2n) is 5.82. The molecule has 0 spiro atoms. The molecule has 0 unspecified atom stereocenters. The van der Waals surface area contributed by atoms with Gasteiger partial charge >= 0.3 is 0 Å². The van der Waals surface area contributed by atoms with Gasteiger partial charge in [0.15, 0.2) is 0 Å². The molecule has 0 atom stereocenters. The van der Waals surface area contributed by atoms with Crippen molar-refractivity contribution in [3.05, 3.63) is 71.6 Å². The van der Waals surface area contributed by atoms with Crippen LogP contribution in [-0.2, 0) is 5.75 Å². The second-order valence-corrected chi connectivity index (χ2v) is 6.80. The van der Waals surface area contributed by atoms with Crippen LogP contribution in [-0.4, -0.2) is 15.4 Å². The zero-order valence-corrected chi connectivity index (χ0v) is 15.3. The van der Waals surface area contributed by atoms with Crippen LogP contribution >= 0.6 is 11.8 Å². The summed E-state index contributed by atoms with van der Waals surface area (Å²) in [5, 5.41) is 12.0. The Kier molecular flexibility index (Phi) is 4.91. The quantitative estimate of drug-likeness (QED) is 0.415. The van der Waals surface area contributed by atoms with Gasteiger partial charge in [-0.25, -0.2) is 13.2 Å². The molecule has 0 fully saturated rings. The lowest BCUT2D eigenvalue weighted by atomic mass is 10.1. The first-order valence-electron chi connectivity index (χ1n) is 8.14. The van der Waals surface area contributed by atoms with Gasteiger partial charge < -0.3 is 8.94 Å². The minimum atomic E-state index is -0.983. The summed E-state index contributed by atoms with van der Waals surface area (Å²) in [7, 11) is 0. The molecule has 2 aromatic heterocycles. The first-order chi connectivity index (χ1) is 13.5. The molecular weight excluding hydrogens is 391 g/mol. The highest BCUT2D eigenvalue weighted by Gasteiger charge is 2.22. The lowest BCUT2D eigenvalue weighted by molar-refractivity contribution is 0.399. The number of halogens is 3. The summed E-state index contributed by atoms with van der Waals surface area (Å²) in [6, 6.07) is 10.6. The molecule has 0 bridgehead atoms. The molecule has 2 aromatic carbocycles. The van der Waals surface area contributed by atoms with Gasteiger partial charge in [0.05, 0.1) is 10.6 Å². The zero-order valence-electron chi connectivity index (χ0n) is 14.4. The van der Waals surface area contributed by atoms with Gasteiger partial charge in [-0.2, -0.15) is 0 Å². The number of aryl methyl sites for hydroxylation is 1. The minimum absolute atomic E-state index is 0.0114. The van der Waals surface area contributed by atoms with E-state index >= 15 is 0 Å². The van der Waals surface area contributed by atoms with Crippen LogP contribution in [0.3, 0.4) is 0 Å². The molecule has 28 heavy (non-hydrogen) atoms. The summed E-state index contributed by atoms with van der Waals surface area (Å²) in [5.41, 5.74) is 1.92. The molecule has 0 radical (unpaired) electrons. The largest absolute Gasteiger partial charge is 0.420 e. The third kappa shape index (κ3) is 3.53. The van der Waals surface area contributed by atoms with Crippen LogP contribution in [0, 0.1) is 24.4 Å². The van der Waals surface area contributed by atoms with E-state index in [1.54, 1.807) is 6.92 Å². The van der Waals surface area contributed by atoms with Crippen molar-refractivity contribution in [2.75, 3.05) is 0 Å². The van der Waals surface area contributed by atoms with Gasteiger partial charge in [-0.15, -0.1) is 22.0 Å². The van der Waals surface area contributed by atoms with Crippen LogP contribution in [0.1, 0.15) is 11.7 Å². The van der Waals surface area contributed by atoms with E-state index in [1.807, 2.05) is 30.3 Å². The van der Waals surface area contributed by atoms with E-state index in [0.717, 1.165) is 17.3 Å². The number of nitrogens with zero attached hydrogens (tertiary/aromatic N) is 3. The highest BCUT2D eigenvalue weighted by atomic mass is 32.2. The third-order valence-corrected chi connectivity index (χ3v) is 4.96. The van der Waals surface area contributed by atoms with Crippen LogP contribution in [0.4, 0.5) is 13.2 Å². The highest BCUT2D eigenvalue weighted by molar-refractivity contribution is 7.98. The number of thioether (sulfide) groups is 1. The van der Waals surface area contributed by atoms with E-state index in [1.165, 1.54) is 0 Å². The predicted molar refractivity (Wildman–Crippen MR) is 95.8 cm³/mol. The van der Waals surface area contributed by atoms with E-state index in [9.17, 15) is 13.2 Å². The molecule has 2 heterocycles. The Morgan fingerprint density at radius 3 is 2.43 bits per heavy atom. The fourth-order valence-electron chi connectivity index (χ4n) is 2.63. The van der Waals surface area contributed by atoms with Crippen LogP contribution in [0.15, 0.2) is 56.3 Å². The first kappa shape index (κ1) is 18.3. The summed E-state index contributed by atoms with van der Waals surface area (Å²) >= 11 is 0.799. The molecule has 4 rings (SSSR count). The average molecular weight is 403 g/mol. The van der Waals surface area contributed by atoms with Crippen LogP contribution < -0.4 is 0 Å². The molecule has 142 valence electrons. The summed E-state index contributed by atoms with van der Waals surface area (Å²) in [6.07, 6.45) is 0. The van der Waals surface area contributed by atoms with Crippen molar-refractivity contribution in [2.24, 2.45) is 0 Å². The number of rotatable bonds is 5. The third-order valence-electron chi connectivity index (χ3n) is 3.89. The molecule has 0 N–H and O–H groups in total. The molecule has 0 saturated carbocycles. The minimum Gasteiger partial charge on any atom is -0.420 e. The summed E-state index contributed by atoms with van der Waals surface area (Å²) in [5.74, 6) is -2.09. The average Bonchev–Trinajstić information content (AvgIpc) is 3.28. The van der Waals surface area contributed by atoms with E-state index in [4.69, 9.17) is 8.94 Å². The number of hydrogen-bond acceptors (Lipinski definition) is 6. The maximum atomic E-state index is 13.7. The maximum Gasteiger partial charge on any atom is 0.253 e.